The molecule has 0 saturated carbocycles. The van der Waals surface area contributed by atoms with Crippen LogP contribution in [0.3, 0.4) is 0 Å². The third kappa shape index (κ3) is 4.80. The maximum Gasteiger partial charge on any atom is 0.337 e. The third-order valence-electron chi connectivity index (χ3n) is 3.68. The molecule has 0 aromatic rings. The standard InChI is InChI=1S/C11H28O4Si2/c1-7-16(12-3,13-4)10-9-11-17(8-2,14-5)15-6/h7-11H2,1-6H3. The van der Waals surface area contributed by atoms with E-state index in [4.69, 9.17) is 17.7 Å². The summed E-state index contributed by atoms with van der Waals surface area (Å²) in [5, 5.41) is 0. The smallest absolute Gasteiger partial charge is 0.337 e. The van der Waals surface area contributed by atoms with Gasteiger partial charge in [-0.15, -0.1) is 0 Å². The lowest BCUT2D eigenvalue weighted by atomic mass is 10.6. The van der Waals surface area contributed by atoms with Gasteiger partial charge in [-0.1, -0.05) is 13.8 Å². The normalized spacial score (nSPS) is 13.1. The van der Waals surface area contributed by atoms with Gasteiger partial charge in [0.15, 0.2) is 0 Å². The fraction of sp³-hybridized carbons (Fsp3) is 1.00. The zero-order valence-electron chi connectivity index (χ0n) is 12.2. The van der Waals surface area contributed by atoms with Gasteiger partial charge in [-0.05, 0) is 30.6 Å². The molecular formula is C11H28O4Si2. The van der Waals surface area contributed by atoms with Crippen molar-refractivity contribution in [1.29, 1.82) is 0 Å². The average Bonchev–Trinajstić information content (AvgIpc) is 2.41. The molecule has 0 saturated heterocycles. The lowest BCUT2D eigenvalue weighted by Gasteiger charge is -2.29. The van der Waals surface area contributed by atoms with Crippen LogP contribution in [0, 0.1) is 0 Å². The predicted octanol–water partition coefficient (Wildman–Crippen LogP) is 2.89. The lowest BCUT2D eigenvalue weighted by molar-refractivity contribution is 0.234. The van der Waals surface area contributed by atoms with E-state index in [1.807, 2.05) is 0 Å². The van der Waals surface area contributed by atoms with Gasteiger partial charge in [0.25, 0.3) is 0 Å². The molecule has 17 heavy (non-hydrogen) atoms. The molecule has 0 N–H and O–H groups in total. The number of rotatable bonds is 10. The van der Waals surface area contributed by atoms with Crippen molar-refractivity contribution < 1.29 is 17.7 Å². The van der Waals surface area contributed by atoms with E-state index in [2.05, 4.69) is 13.8 Å². The molecule has 0 spiro atoms. The highest BCUT2D eigenvalue weighted by molar-refractivity contribution is 6.69. The molecule has 0 aliphatic rings. The Morgan fingerprint density at radius 2 is 0.941 bits per heavy atom. The molecule has 0 aromatic heterocycles. The van der Waals surface area contributed by atoms with Crippen molar-refractivity contribution in [2.45, 2.75) is 44.4 Å². The van der Waals surface area contributed by atoms with E-state index in [0.29, 0.717) is 0 Å². The first-order chi connectivity index (χ1) is 8.07. The Kier molecular flexibility index (Phi) is 8.52. The summed E-state index contributed by atoms with van der Waals surface area (Å²) in [4.78, 5) is 0. The van der Waals surface area contributed by atoms with Gasteiger partial charge in [-0.3, -0.25) is 0 Å². The van der Waals surface area contributed by atoms with Crippen molar-refractivity contribution in [3.63, 3.8) is 0 Å². The first-order valence-corrected chi connectivity index (χ1v) is 10.7. The Labute approximate surface area is 108 Å². The number of hydrogen-bond acceptors (Lipinski definition) is 4. The van der Waals surface area contributed by atoms with E-state index in [0.717, 1.165) is 30.6 Å². The second-order valence-corrected chi connectivity index (χ2v) is 11.9. The molecule has 0 heterocycles. The van der Waals surface area contributed by atoms with Crippen LogP contribution in [0.15, 0.2) is 0 Å². The van der Waals surface area contributed by atoms with Crippen LogP contribution in [0.25, 0.3) is 0 Å². The minimum absolute atomic E-state index is 0.987. The molecule has 0 bridgehead atoms. The van der Waals surface area contributed by atoms with Crippen molar-refractivity contribution in [2.24, 2.45) is 0 Å². The monoisotopic (exact) mass is 280 g/mol. The minimum Gasteiger partial charge on any atom is -0.398 e. The zero-order chi connectivity index (χ0) is 13.4. The van der Waals surface area contributed by atoms with Gasteiger partial charge in [0.1, 0.15) is 0 Å². The summed E-state index contributed by atoms with van der Waals surface area (Å²) < 4.78 is 22.4. The van der Waals surface area contributed by atoms with Gasteiger partial charge < -0.3 is 17.7 Å². The SMILES string of the molecule is CC[Si](CCC[Si](CC)(OC)OC)(OC)OC. The summed E-state index contributed by atoms with van der Waals surface area (Å²) in [6.07, 6.45) is 1.06. The summed E-state index contributed by atoms with van der Waals surface area (Å²) in [5.74, 6) is 0. The zero-order valence-corrected chi connectivity index (χ0v) is 14.2. The van der Waals surface area contributed by atoms with E-state index >= 15 is 0 Å². The molecule has 0 unspecified atom stereocenters. The van der Waals surface area contributed by atoms with E-state index < -0.39 is 17.1 Å². The highest BCUT2D eigenvalue weighted by atomic mass is 28.4. The summed E-state index contributed by atoms with van der Waals surface area (Å²) >= 11 is 0. The van der Waals surface area contributed by atoms with E-state index in [1.165, 1.54) is 0 Å². The van der Waals surface area contributed by atoms with Crippen molar-refractivity contribution in [3.8, 4) is 0 Å². The van der Waals surface area contributed by atoms with Crippen LogP contribution < -0.4 is 0 Å². The quantitative estimate of drug-likeness (QED) is 0.577. The molecule has 0 amide bonds. The van der Waals surface area contributed by atoms with E-state index in [-0.39, 0.29) is 0 Å². The van der Waals surface area contributed by atoms with Crippen LogP contribution in [-0.4, -0.2) is 45.6 Å². The van der Waals surface area contributed by atoms with Crippen molar-refractivity contribution in [2.75, 3.05) is 28.4 Å². The summed E-state index contributed by atoms with van der Waals surface area (Å²) in [7, 11) is 3.15. The Balaban J connectivity index is 4.28. The second-order valence-electron chi connectivity index (χ2n) is 4.20. The fourth-order valence-corrected chi connectivity index (χ4v) is 6.93. The number of hydrogen-bond donors (Lipinski definition) is 0. The van der Waals surface area contributed by atoms with Gasteiger partial charge in [0.05, 0.1) is 0 Å². The van der Waals surface area contributed by atoms with Gasteiger partial charge in [-0.2, -0.15) is 0 Å². The average molecular weight is 281 g/mol. The summed E-state index contributed by atoms with van der Waals surface area (Å²) in [6, 6.07) is 4.00. The molecule has 0 fully saturated rings. The predicted molar refractivity (Wildman–Crippen MR) is 74.7 cm³/mol. The van der Waals surface area contributed by atoms with Crippen LogP contribution in [-0.2, 0) is 17.7 Å². The molecule has 0 aliphatic heterocycles. The van der Waals surface area contributed by atoms with E-state index in [1.54, 1.807) is 28.4 Å². The maximum absolute atomic E-state index is 5.60. The van der Waals surface area contributed by atoms with Crippen LogP contribution in [0.5, 0.6) is 0 Å². The van der Waals surface area contributed by atoms with Crippen LogP contribution in [0.2, 0.25) is 24.2 Å². The third-order valence-corrected chi connectivity index (χ3v) is 11.0. The van der Waals surface area contributed by atoms with Crippen LogP contribution >= 0.6 is 0 Å². The summed E-state index contributed by atoms with van der Waals surface area (Å²) in [6.45, 7) is 4.27. The molecule has 0 aromatic carbocycles. The maximum atomic E-state index is 5.60. The first-order valence-electron chi connectivity index (χ1n) is 6.28. The van der Waals surface area contributed by atoms with Crippen molar-refractivity contribution >= 4 is 17.1 Å². The largest absolute Gasteiger partial charge is 0.398 e. The van der Waals surface area contributed by atoms with Crippen LogP contribution in [0.1, 0.15) is 20.3 Å². The van der Waals surface area contributed by atoms with E-state index in [9.17, 15) is 0 Å². The Morgan fingerprint density at radius 1 is 0.647 bits per heavy atom. The fourth-order valence-electron chi connectivity index (χ4n) is 2.13. The van der Waals surface area contributed by atoms with Gasteiger partial charge in [0, 0.05) is 28.4 Å². The topological polar surface area (TPSA) is 36.9 Å². The second kappa shape index (κ2) is 8.39. The molecule has 6 heteroatoms. The highest BCUT2D eigenvalue weighted by Gasteiger charge is 2.37. The molecule has 0 rings (SSSR count). The van der Waals surface area contributed by atoms with Gasteiger partial charge in [0.2, 0.25) is 0 Å². The lowest BCUT2D eigenvalue weighted by Crippen LogP contribution is -2.42. The van der Waals surface area contributed by atoms with Crippen molar-refractivity contribution in [1.82, 2.24) is 0 Å². The molecule has 0 atom stereocenters. The first kappa shape index (κ1) is 17.3. The highest BCUT2D eigenvalue weighted by Crippen LogP contribution is 2.25. The minimum atomic E-state index is -1.94. The van der Waals surface area contributed by atoms with Gasteiger partial charge >= 0.3 is 17.1 Å². The molecule has 0 aliphatic carbocycles. The molecule has 0 radical (unpaired) electrons. The summed E-state index contributed by atoms with van der Waals surface area (Å²) in [5.41, 5.74) is 0. The van der Waals surface area contributed by atoms with Gasteiger partial charge in [-0.25, -0.2) is 0 Å². The Morgan fingerprint density at radius 3 is 1.12 bits per heavy atom. The molecular weight excluding hydrogens is 252 g/mol. The van der Waals surface area contributed by atoms with Crippen molar-refractivity contribution in [3.05, 3.63) is 0 Å². The van der Waals surface area contributed by atoms with Crippen LogP contribution in [0.4, 0.5) is 0 Å². The molecule has 4 nitrogen and oxygen atoms in total. The molecule has 104 valence electrons. The Hall–Kier alpha value is 0.274. The Bertz CT molecular complexity index is 157.